The Kier molecular flexibility index (Phi) is 4.07. The van der Waals surface area contributed by atoms with Crippen molar-refractivity contribution >= 4 is 18.2 Å². The number of carbonyl (C=O) groups is 2. The van der Waals surface area contributed by atoms with Gasteiger partial charge < -0.3 is 14.9 Å². The fourth-order valence-electron chi connectivity index (χ4n) is 0.894. The lowest BCUT2D eigenvalue weighted by molar-refractivity contribution is 0.0489. The molecule has 1 aromatic heterocycles. The van der Waals surface area contributed by atoms with Crippen LogP contribution in [-0.2, 0) is 4.74 Å². The zero-order valence-electron chi connectivity index (χ0n) is 8.60. The molecule has 0 aliphatic rings. The van der Waals surface area contributed by atoms with E-state index in [4.69, 9.17) is 14.9 Å². The number of nitrogens with zero attached hydrogens (tertiary/aromatic N) is 1. The average molecular weight is 225 g/mol. The highest BCUT2D eigenvalue weighted by Gasteiger charge is 2.10. The van der Waals surface area contributed by atoms with Crippen LogP contribution in [0, 0.1) is 0 Å². The van der Waals surface area contributed by atoms with Gasteiger partial charge in [0.1, 0.15) is 5.76 Å². The predicted octanol–water partition coefficient (Wildman–Crippen LogP) is 0.459. The van der Waals surface area contributed by atoms with Gasteiger partial charge in [0, 0.05) is 0 Å². The zero-order chi connectivity index (χ0) is 12.0. The SMILES string of the molecule is CCOC(=O)c1ccc(/C=N/NC(N)=O)o1. The van der Waals surface area contributed by atoms with E-state index in [1.807, 2.05) is 5.43 Å². The zero-order valence-corrected chi connectivity index (χ0v) is 8.60. The predicted molar refractivity (Wildman–Crippen MR) is 55.0 cm³/mol. The number of primary amides is 1. The highest BCUT2D eigenvalue weighted by atomic mass is 16.5. The normalized spacial score (nSPS) is 10.3. The number of esters is 1. The lowest BCUT2D eigenvalue weighted by Crippen LogP contribution is -2.24. The molecule has 0 fully saturated rings. The van der Waals surface area contributed by atoms with Crippen LogP contribution in [0.2, 0.25) is 0 Å². The minimum absolute atomic E-state index is 0.0716. The van der Waals surface area contributed by atoms with Gasteiger partial charge >= 0.3 is 12.0 Å². The molecule has 2 amide bonds. The second-order valence-corrected chi connectivity index (χ2v) is 2.66. The molecule has 0 saturated heterocycles. The molecule has 0 spiro atoms. The molecular weight excluding hydrogens is 214 g/mol. The average Bonchev–Trinajstić information content (AvgIpc) is 2.66. The Morgan fingerprint density at radius 1 is 1.62 bits per heavy atom. The summed E-state index contributed by atoms with van der Waals surface area (Å²) >= 11 is 0. The van der Waals surface area contributed by atoms with E-state index in [1.54, 1.807) is 6.92 Å². The molecular formula is C9H11N3O4. The van der Waals surface area contributed by atoms with Crippen LogP contribution >= 0.6 is 0 Å². The van der Waals surface area contributed by atoms with E-state index in [-0.39, 0.29) is 12.4 Å². The summed E-state index contributed by atoms with van der Waals surface area (Å²) in [7, 11) is 0. The van der Waals surface area contributed by atoms with Crippen LogP contribution in [-0.4, -0.2) is 24.8 Å². The van der Waals surface area contributed by atoms with E-state index in [0.717, 1.165) is 0 Å². The summed E-state index contributed by atoms with van der Waals surface area (Å²) in [6.45, 7) is 1.96. The molecule has 0 radical (unpaired) electrons. The van der Waals surface area contributed by atoms with Crippen LogP contribution < -0.4 is 11.2 Å². The molecule has 0 unspecified atom stereocenters. The fourth-order valence-corrected chi connectivity index (χ4v) is 0.894. The molecule has 86 valence electrons. The smallest absolute Gasteiger partial charge is 0.374 e. The summed E-state index contributed by atoms with van der Waals surface area (Å²) in [5, 5.41) is 3.46. The molecule has 16 heavy (non-hydrogen) atoms. The van der Waals surface area contributed by atoms with Crippen LogP contribution in [0.25, 0.3) is 0 Å². The number of carbonyl (C=O) groups excluding carboxylic acids is 2. The van der Waals surface area contributed by atoms with E-state index in [9.17, 15) is 9.59 Å². The van der Waals surface area contributed by atoms with Crippen LogP contribution in [0.1, 0.15) is 23.2 Å². The molecule has 1 aromatic rings. The number of nitrogens with one attached hydrogen (secondary N) is 1. The van der Waals surface area contributed by atoms with Gasteiger partial charge in [0.2, 0.25) is 5.76 Å². The molecule has 0 aliphatic carbocycles. The number of hydrazone groups is 1. The summed E-state index contributed by atoms with van der Waals surface area (Å²) in [5.74, 6) is -0.177. The monoisotopic (exact) mass is 225 g/mol. The van der Waals surface area contributed by atoms with Gasteiger partial charge in [-0.3, -0.25) is 0 Å². The molecule has 3 N–H and O–H groups in total. The number of furan rings is 1. The first-order valence-corrected chi connectivity index (χ1v) is 4.49. The minimum Gasteiger partial charge on any atom is -0.460 e. The van der Waals surface area contributed by atoms with Crippen molar-refractivity contribution in [2.24, 2.45) is 10.8 Å². The van der Waals surface area contributed by atoms with E-state index in [0.29, 0.717) is 5.76 Å². The first kappa shape index (κ1) is 11.8. The number of hydrogen-bond donors (Lipinski definition) is 2. The molecule has 7 heteroatoms. The Bertz CT molecular complexity index is 411. The molecule has 1 rings (SSSR count). The van der Waals surface area contributed by atoms with Gasteiger partial charge in [-0.2, -0.15) is 5.10 Å². The quantitative estimate of drug-likeness (QED) is 0.441. The molecule has 0 saturated carbocycles. The second kappa shape index (κ2) is 5.54. The van der Waals surface area contributed by atoms with Gasteiger partial charge in [0.15, 0.2) is 0 Å². The Morgan fingerprint density at radius 2 is 2.38 bits per heavy atom. The number of ether oxygens (including phenoxy) is 1. The Morgan fingerprint density at radius 3 is 3.00 bits per heavy atom. The number of amides is 2. The van der Waals surface area contributed by atoms with Crippen LogP contribution in [0.5, 0.6) is 0 Å². The Balaban J connectivity index is 2.61. The van der Waals surface area contributed by atoms with E-state index in [2.05, 4.69) is 5.10 Å². The third kappa shape index (κ3) is 3.45. The third-order valence-electron chi connectivity index (χ3n) is 1.47. The lowest BCUT2D eigenvalue weighted by Gasteiger charge is -1.96. The van der Waals surface area contributed by atoms with Gasteiger partial charge in [0.05, 0.1) is 12.8 Å². The molecule has 0 atom stereocenters. The summed E-state index contributed by atoms with van der Waals surface area (Å²) in [4.78, 5) is 21.5. The van der Waals surface area contributed by atoms with Gasteiger partial charge in [-0.15, -0.1) is 0 Å². The molecule has 0 aromatic carbocycles. The fraction of sp³-hybridized carbons (Fsp3) is 0.222. The van der Waals surface area contributed by atoms with Crippen LogP contribution in [0.3, 0.4) is 0 Å². The van der Waals surface area contributed by atoms with E-state index < -0.39 is 12.0 Å². The molecule has 0 bridgehead atoms. The molecule has 0 aliphatic heterocycles. The topological polar surface area (TPSA) is 107 Å². The minimum atomic E-state index is -0.784. The summed E-state index contributed by atoms with van der Waals surface area (Å²) in [6, 6.07) is 2.18. The first-order valence-electron chi connectivity index (χ1n) is 4.49. The van der Waals surface area contributed by atoms with Crippen molar-refractivity contribution < 1.29 is 18.7 Å². The maximum Gasteiger partial charge on any atom is 0.374 e. The number of urea groups is 1. The van der Waals surface area contributed by atoms with Gasteiger partial charge in [0.25, 0.3) is 0 Å². The van der Waals surface area contributed by atoms with Gasteiger partial charge in [-0.1, -0.05) is 0 Å². The highest BCUT2D eigenvalue weighted by molar-refractivity contribution is 5.88. The van der Waals surface area contributed by atoms with Crippen molar-refractivity contribution in [3.63, 3.8) is 0 Å². The van der Waals surface area contributed by atoms with E-state index >= 15 is 0 Å². The molecule has 7 nitrogen and oxygen atoms in total. The van der Waals surface area contributed by atoms with Gasteiger partial charge in [-0.05, 0) is 19.1 Å². The van der Waals surface area contributed by atoms with Crippen molar-refractivity contribution in [1.82, 2.24) is 5.43 Å². The van der Waals surface area contributed by atoms with Crippen LogP contribution in [0.15, 0.2) is 21.7 Å². The van der Waals surface area contributed by atoms with Crippen LogP contribution in [0.4, 0.5) is 4.79 Å². The second-order valence-electron chi connectivity index (χ2n) is 2.66. The summed E-state index contributed by atoms with van der Waals surface area (Å²) < 4.78 is 9.78. The van der Waals surface area contributed by atoms with Crippen molar-refractivity contribution in [3.05, 3.63) is 23.7 Å². The van der Waals surface area contributed by atoms with Crippen molar-refractivity contribution in [1.29, 1.82) is 0 Å². The maximum atomic E-state index is 11.2. The summed E-state index contributed by atoms with van der Waals surface area (Å²) in [6.07, 6.45) is 1.22. The Labute approximate surface area is 91.2 Å². The summed E-state index contributed by atoms with van der Waals surface area (Å²) in [5.41, 5.74) is 6.77. The molecule has 1 heterocycles. The first-order chi connectivity index (χ1) is 7.63. The highest BCUT2D eigenvalue weighted by Crippen LogP contribution is 2.07. The third-order valence-corrected chi connectivity index (χ3v) is 1.47. The largest absolute Gasteiger partial charge is 0.460 e. The Hall–Kier alpha value is -2.31. The van der Waals surface area contributed by atoms with Crippen molar-refractivity contribution in [2.75, 3.05) is 6.61 Å². The number of hydrogen-bond acceptors (Lipinski definition) is 5. The number of rotatable bonds is 4. The van der Waals surface area contributed by atoms with E-state index in [1.165, 1.54) is 18.3 Å². The lowest BCUT2D eigenvalue weighted by atomic mass is 10.4. The standard InChI is InChI=1S/C9H11N3O4/c1-2-15-8(13)7-4-3-6(16-7)5-11-12-9(10)14/h3-5H,2H2,1H3,(H3,10,12,14)/b11-5+. The van der Waals surface area contributed by atoms with Crippen molar-refractivity contribution in [2.45, 2.75) is 6.92 Å². The van der Waals surface area contributed by atoms with Gasteiger partial charge in [-0.25, -0.2) is 15.0 Å². The van der Waals surface area contributed by atoms with Crippen molar-refractivity contribution in [3.8, 4) is 0 Å². The maximum absolute atomic E-state index is 11.2. The number of nitrogens with two attached hydrogens (primary N) is 1.